The normalized spacial score (nSPS) is 18.5. The van der Waals surface area contributed by atoms with E-state index in [-0.39, 0.29) is 5.41 Å². The largest absolute Gasteiger partial charge is 0.410 e. The predicted octanol–water partition coefficient (Wildman–Crippen LogP) is 2.85. The van der Waals surface area contributed by atoms with E-state index in [1.807, 2.05) is 14.0 Å². The van der Waals surface area contributed by atoms with Gasteiger partial charge in [0.15, 0.2) is 0 Å². The fourth-order valence-corrected chi connectivity index (χ4v) is 2.85. The number of fused-ring (bicyclic) bond motifs is 1. The summed E-state index contributed by atoms with van der Waals surface area (Å²) >= 11 is 0. The lowest BCUT2D eigenvalue weighted by Crippen LogP contribution is -2.34. The van der Waals surface area contributed by atoms with Crippen molar-refractivity contribution in [1.82, 2.24) is 0 Å². The minimum atomic E-state index is -0.119. The van der Waals surface area contributed by atoms with Crippen LogP contribution in [0.1, 0.15) is 31.9 Å². The molecule has 3 nitrogen and oxygen atoms in total. The van der Waals surface area contributed by atoms with E-state index >= 15 is 0 Å². The second-order valence-electron chi connectivity index (χ2n) is 5.24. The summed E-state index contributed by atoms with van der Waals surface area (Å²) in [6, 6.07) is 6.45. The molecule has 0 unspecified atom stereocenters. The van der Waals surface area contributed by atoms with Crippen LogP contribution in [0.2, 0.25) is 0 Å². The zero-order valence-electron chi connectivity index (χ0n) is 11.1. The van der Waals surface area contributed by atoms with Gasteiger partial charge in [0.1, 0.15) is 12.8 Å². The summed E-state index contributed by atoms with van der Waals surface area (Å²) in [7, 11) is 2.02. The van der Waals surface area contributed by atoms with Crippen LogP contribution in [0.25, 0.3) is 0 Å². The SMILES string of the molecule is CC(=NO)C1=[N+](C)c2ccc(C)cc2C1(C)C. The fraction of sp³-hybridized carbons (Fsp3) is 0.429. The molecule has 1 aromatic carbocycles. The molecule has 17 heavy (non-hydrogen) atoms. The van der Waals surface area contributed by atoms with Gasteiger partial charge in [-0.2, -0.15) is 4.58 Å². The molecule has 0 atom stereocenters. The van der Waals surface area contributed by atoms with Crippen LogP contribution < -0.4 is 0 Å². The van der Waals surface area contributed by atoms with Crippen LogP contribution in [-0.2, 0) is 5.41 Å². The van der Waals surface area contributed by atoms with E-state index in [0.717, 1.165) is 5.71 Å². The zero-order chi connectivity index (χ0) is 12.8. The van der Waals surface area contributed by atoms with Crippen LogP contribution >= 0.6 is 0 Å². The second-order valence-corrected chi connectivity index (χ2v) is 5.24. The van der Waals surface area contributed by atoms with Crippen molar-refractivity contribution >= 4 is 17.1 Å². The molecule has 3 heteroatoms. The monoisotopic (exact) mass is 231 g/mol. The molecular formula is C14H19N2O+. The molecule has 0 amide bonds. The maximum atomic E-state index is 9.02. The van der Waals surface area contributed by atoms with Crippen molar-refractivity contribution < 1.29 is 9.78 Å². The Morgan fingerprint density at radius 1 is 1.35 bits per heavy atom. The molecule has 1 aliphatic rings. The number of benzene rings is 1. The van der Waals surface area contributed by atoms with E-state index in [1.165, 1.54) is 16.8 Å². The number of hydrogen-bond donors (Lipinski definition) is 1. The Morgan fingerprint density at radius 2 is 2.00 bits per heavy atom. The van der Waals surface area contributed by atoms with E-state index in [0.29, 0.717) is 5.71 Å². The highest BCUT2D eigenvalue weighted by Gasteiger charge is 2.45. The zero-order valence-corrected chi connectivity index (χ0v) is 11.1. The maximum Gasteiger partial charge on any atom is 0.216 e. The van der Waals surface area contributed by atoms with Gasteiger partial charge in [0.25, 0.3) is 0 Å². The highest BCUT2D eigenvalue weighted by molar-refractivity contribution is 6.43. The van der Waals surface area contributed by atoms with Crippen molar-refractivity contribution in [2.75, 3.05) is 7.05 Å². The number of aryl methyl sites for hydroxylation is 1. The summed E-state index contributed by atoms with van der Waals surface area (Å²) in [6.45, 7) is 8.27. The average Bonchev–Trinajstić information content (AvgIpc) is 2.46. The molecule has 0 spiro atoms. The standard InChI is InChI=1S/C14H18N2O/c1-9-6-7-12-11(8-9)14(3,4)13(16(12)5)10(2)15-17/h6-8H,1-5H3/p+1. The summed E-state index contributed by atoms with van der Waals surface area (Å²) in [4.78, 5) is 0. The van der Waals surface area contributed by atoms with Crippen molar-refractivity contribution in [2.24, 2.45) is 5.16 Å². The lowest BCUT2D eigenvalue weighted by molar-refractivity contribution is -0.400. The summed E-state index contributed by atoms with van der Waals surface area (Å²) in [5, 5.41) is 12.4. The van der Waals surface area contributed by atoms with E-state index in [1.54, 1.807) is 0 Å². The van der Waals surface area contributed by atoms with E-state index < -0.39 is 0 Å². The molecule has 0 aliphatic carbocycles. The molecule has 0 aromatic heterocycles. The van der Waals surface area contributed by atoms with Gasteiger partial charge in [-0.1, -0.05) is 16.8 Å². The molecule has 1 aliphatic heterocycles. The van der Waals surface area contributed by atoms with Crippen LogP contribution in [0.5, 0.6) is 0 Å². The van der Waals surface area contributed by atoms with Crippen LogP contribution in [-0.4, -0.2) is 28.3 Å². The summed E-state index contributed by atoms with van der Waals surface area (Å²) in [5.41, 5.74) is 5.35. The van der Waals surface area contributed by atoms with E-state index in [9.17, 15) is 0 Å². The quantitative estimate of drug-likeness (QED) is 0.343. The Morgan fingerprint density at radius 3 is 2.59 bits per heavy atom. The van der Waals surface area contributed by atoms with Crippen molar-refractivity contribution in [1.29, 1.82) is 0 Å². The van der Waals surface area contributed by atoms with Gasteiger partial charge in [-0.25, -0.2) is 0 Å². The lowest BCUT2D eigenvalue weighted by Gasteiger charge is -2.16. The van der Waals surface area contributed by atoms with Gasteiger partial charge in [0, 0.05) is 11.6 Å². The summed E-state index contributed by atoms with van der Waals surface area (Å²) < 4.78 is 2.11. The van der Waals surface area contributed by atoms with Crippen molar-refractivity contribution in [2.45, 2.75) is 33.1 Å². The number of rotatable bonds is 1. The third-order valence-electron chi connectivity index (χ3n) is 3.61. The number of hydrogen-bond acceptors (Lipinski definition) is 2. The summed E-state index contributed by atoms with van der Waals surface area (Å²) in [5.74, 6) is 0. The highest BCUT2D eigenvalue weighted by atomic mass is 16.4. The van der Waals surface area contributed by atoms with Gasteiger partial charge in [0.05, 0.1) is 5.41 Å². The number of oxime groups is 1. The Hall–Kier alpha value is -1.64. The van der Waals surface area contributed by atoms with Gasteiger partial charge < -0.3 is 5.21 Å². The van der Waals surface area contributed by atoms with Crippen molar-refractivity contribution in [3.63, 3.8) is 0 Å². The van der Waals surface area contributed by atoms with E-state index in [2.05, 4.69) is 48.7 Å². The average molecular weight is 231 g/mol. The predicted molar refractivity (Wildman–Crippen MR) is 70.0 cm³/mol. The fourth-order valence-electron chi connectivity index (χ4n) is 2.85. The Labute approximate surface area is 102 Å². The maximum absolute atomic E-state index is 9.02. The Bertz CT molecular complexity index is 539. The van der Waals surface area contributed by atoms with Gasteiger partial charge in [0.2, 0.25) is 11.4 Å². The smallest absolute Gasteiger partial charge is 0.216 e. The van der Waals surface area contributed by atoms with Gasteiger partial charge in [-0.15, -0.1) is 0 Å². The number of nitrogens with zero attached hydrogens (tertiary/aromatic N) is 2. The molecule has 0 saturated carbocycles. The molecule has 1 aromatic rings. The van der Waals surface area contributed by atoms with Crippen LogP contribution in [0.15, 0.2) is 23.4 Å². The molecular weight excluding hydrogens is 212 g/mol. The minimum Gasteiger partial charge on any atom is -0.410 e. The van der Waals surface area contributed by atoms with Crippen LogP contribution in [0, 0.1) is 6.92 Å². The molecule has 90 valence electrons. The first kappa shape index (κ1) is 11.8. The first-order chi connectivity index (χ1) is 7.89. The van der Waals surface area contributed by atoms with Crippen LogP contribution in [0.3, 0.4) is 0 Å². The van der Waals surface area contributed by atoms with Gasteiger partial charge >= 0.3 is 0 Å². The van der Waals surface area contributed by atoms with E-state index in [4.69, 9.17) is 5.21 Å². The minimum absolute atomic E-state index is 0.119. The van der Waals surface area contributed by atoms with Crippen LogP contribution in [0.4, 0.5) is 5.69 Å². The molecule has 0 radical (unpaired) electrons. The third kappa shape index (κ3) is 1.57. The molecule has 0 bridgehead atoms. The third-order valence-corrected chi connectivity index (χ3v) is 3.61. The van der Waals surface area contributed by atoms with Gasteiger partial charge in [-0.3, -0.25) is 0 Å². The molecule has 1 heterocycles. The first-order valence-corrected chi connectivity index (χ1v) is 5.81. The van der Waals surface area contributed by atoms with Gasteiger partial charge in [-0.05, 0) is 33.8 Å². The molecule has 0 saturated heterocycles. The highest BCUT2D eigenvalue weighted by Crippen LogP contribution is 2.39. The molecule has 2 rings (SSSR count). The molecule has 0 fully saturated rings. The van der Waals surface area contributed by atoms with Crippen molar-refractivity contribution in [3.8, 4) is 0 Å². The lowest BCUT2D eigenvalue weighted by atomic mass is 9.79. The first-order valence-electron chi connectivity index (χ1n) is 5.81. The summed E-state index contributed by atoms with van der Waals surface area (Å²) in [6.07, 6.45) is 0. The topological polar surface area (TPSA) is 35.6 Å². The Kier molecular flexibility index (Phi) is 2.57. The van der Waals surface area contributed by atoms with Crippen molar-refractivity contribution in [3.05, 3.63) is 29.3 Å². The Balaban J connectivity index is 2.72. The molecule has 1 N–H and O–H groups in total. The second kappa shape index (κ2) is 3.69.